The van der Waals surface area contributed by atoms with Crippen molar-refractivity contribution in [1.29, 1.82) is 0 Å². The van der Waals surface area contributed by atoms with E-state index in [1.54, 1.807) is 6.07 Å². The van der Waals surface area contributed by atoms with Crippen LogP contribution in [0, 0.1) is 11.7 Å². The first-order valence-corrected chi connectivity index (χ1v) is 9.62. The van der Waals surface area contributed by atoms with E-state index in [2.05, 4.69) is 30.7 Å². The summed E-state index contributed by atoms with van der Waals surface area (Å²) in [5.74, 6) is 0.303. The second-order valence-corrected chi connectivity index (χ2v) is 9.03. The summed E-state index contributed by atoms with van der Waals surface area (Å²) in [6.45, 7) is 15.2. The zero-order valence-corrected chi connectivity index (χ0v) is 17.2. The van der Waals surface area contributed by atoms with Gasteiger partial charge in [0.2, 0.25) is 0 Å². The van der Waals surface area contributed by atoms with Crippen molar-refractivity contribution in [2.45, 2.75) is 58.8 Å². The number of halogens is 1. The van der Waals surface area contributed by atoms with Crippen molar-refractivity contribution in [3.8, 4) is 0 Å². The molecule has 0 bridgehead atoms. The Hall–Kier alpha value is -1.11. The number of rotatable bonds is 3. The fraction of sp³-hybridized carbons (Fsp3) is 0.700. The lowest BCUT2D eigenvalue weighted by Crippen LogP contribution is -2.53. The summed E-state index contributed by atoms with van der Waals surface area (Å²) in [4.78, 5) is 4.68. The second kappa shape index (κ2) is 6.81. The van der Waals surface area contributed by atoms with Gasteiger partial charge in [0, 0.05) is 36.8 Å². The lowest BCUT2D eigenvalue weighted by Gasteiger charge is -2.42. The Morgan fingerprint density at radius 3 is 2.27 bits per heavy atom. The van der Waals surface area contributed by atoms with Gasteiger partial charge in [0.15, 0.2) is 0 Å². The van der Waals surface area contributed by atoms with Gasteiger partial charge in [-0.15, -0.1) is 0 Å². The Morgan fingerprint density at radius 1 is 1.12 bits per heavy atom. The Balaban J connectivity index is 1.79. The van der Waals surface area contributed by atoms with Crippen molar-refractivity contribution in [3.05, 3.63) is 24.0 Å². The Labute approximate surface area is 157 Å². The quantitative estimate of drug-likeness (QED) is 0.772. The molecule has 0 spiro atoms. The maximum Gasteiger partial charge on any atom is 0.497 e. The van der Waals surface area contributed by atoms with Crippen LogP contribution < -0.4 is 10.4 Å². The van der Waals surface area contributed by atoms with Crippen molar-refractivity contribution < 1.29 is 13.7 Å². The van der Waals surface area contributed by atoms with Gasteiger partial charge in [-0.2, -0.15) is 0 Å². The third-order valence-corrected chi connectivity index (χ3v) is 6.32. The standard InChI is InChI=1S/C20H32BFN2O2/c1-14(2)18-13-24(11-10-23(18)7)15-8-9-16(17(22)12-15)21-25-19(3,4)20(5,6)26-21/h8-9,12,14,18H,10-11,13H2,1-7H3/t18-/m0/s1. The largest absolute Gasteiger partial charge is 0.497 e. The van der Waals surface area contributed by atoms with Crippen molar-refractivity contribution in [3.63, 3.8) is 0 Å². The maximum absolute atomic E-state index is 14.9. The zero-order valence-electron chi connectivity index (χ0n) is 17.2. The van der Waals surface area contributed by atoms with E-state index in [-0.39, 0.29) is 5.82 Å². The molecule has 3 rings (SSSR count). The molecule has 1 atom stereocenters. The predicted octanol–water partition coefficient (Wildman–Crippen LogP) is 2.90. The number of hydrogen-bond acceptors (Lipinski definition) is 4. The van der Waals surface area contributed by atoms with E-state index in [1.165, 1.54) is 0 Å². The molecule has 1 aromatic rings. The molecule has 2 saturated heterocycles. The van der Waals surface area contributed by atoms with Crippen LogP contribution in [0.2, 0.25) is 0 Å². The fourth-order valence-electron chi connectivity index (χ4n) is 3.73. The van der Waals surface area contributed by atoms with E-state index in [9.17, 15) is 4.39 Å². The van der Waals surface area contributed by atoms with Crippen LogP contribution in [0.15, 0.2) is 18.2 Å². The lowest BCUT2D eigenvalue weighted by atomic mass is 9.78. The Morgan fingerprint density at radius 2 is 1.73 bits per heavy atom. The zero-order chi connectivity index (χ0) is 19.3. The molecule has 144 valence electrons. The number of anilines is 1. The lowest BCUT2D eigenvalue weighted by molar-refractivity contribution is 0.00578. The number of likely N-dealkylation sites (N-methyl/N-ethyl adjacent to an activating group) is 1. The molecule has 0 radical (unpaired) electrons. The molecule has 4 nitrogen and oxygen atoms in total. The van der Waals surface area contributed by atoms with Crippen LogP contribution in [-0.2, 0) is 9.31 Å². The van der Waals surface area contributed by atoms with Gasteiger partial charge in [-0.3, -0.25) is 4.90 Å². The summed E-state index contributed by atoms with van der Waals surface area (Å²) >= 11 is 0. The van der Waals surface area contributed by atoms with Gasteiger partial charge in [-0.05, 0) is 52.8 Å². The van der Waals surface area contributed by atoms with Crippen molar-refractivity contribution in [1.82, 2.24) is 4.90 Å². The summed E-state index contributed by atoms with van der Waals surface area (Å²) in [5.41, 5.74) is 0.471. The minimum Gasteiger partial charge on any atom is -0.399 e. The summed E-state index contributed by atoms with van der Waals surface area (Å²) in [6.07, 6.45) is 0. The van der Waals surface area contributed by atoms with E-state index < -0.39 is 18.3 Å². The molecule has 2 aliphatic rings. The number of piperazine rings is 1. The molecule has 0 unspecified atom stereocenters. The van der Waals surface area contributed by atoms with E-state index >= 15 is 0 Å². The molecule has 0 N–H and O–H groups in total. The van der Waals surface area contributed by atoms with E-state index in [1.807, 2.05) is 39.8 Å². The monoisotopic (exact) mass is 362 g/mol. The average Bonchev–Trinajstić information content (AvgIpc) is 2.75. The predicted molar refractivity (Wildman–Crippen MR) is 106 cm³/mol. The van der Waals surface area contributed by atoms with Crippen LogP contribution in [0.1, 0.15) is 41.5 Å². The van der Waals surface area contributed by atoms with Gasteiger partial charge in [0.1, 0.15) is 5.82 Å². The Bertz CT molecular complexity index is 649. The molecule has 0 amide bonds. The van der Waals surface area contributed by atoms with Crippen LogP contribution >= 0.6 is 0 Å². The number of benzene rings is 1. The average molecular weight is 362 g/mol. The van der Waals surface area contributed by atoms with Gasteiger partial charge in [0.25, 0.3) is 0 Å². The van der Waals surface area contributed by atoms with Gasteiger partial charge in [-0.25, -0.2) is 4.39 Å². The highest BCUT2D eigenvalue weighted by Crippen LogP contribution is 2.36. The third-order valence-electron chi connectivity index (χ3n) is 6.32. The summed E-state index contributed by atoms with van der Waals surface area (Å²) < 4.78 is 26.9. The molecule has 1 aromatic carbocycles. The highest BCUT2D eigenvalue weighted by molar-refractivity contribution is 6.62. The molecule has 0 saturated carbocycles. The molecule has 26 heavy (non-hydrogen) atoms. The SMILES string of the molecule is CC(C)[C@@H]1CN(c2ccc(B3OC(C)(C)C(C)(C)O3)c(F)c2)CCN1C. The Kier molecular flexibility index (Phi) is 5.14. The summed E-state index contributed by atoms with van der Waals surface area (Å²) in [5, 5.41) is 0. The minimum absolute atomic E-state index is 0.263. The molecule has 6 heteroatoms. The van der Waals surface area contributed by atoms with Crippen LogP contribution in [-0.4, -0.2) is 55.9 Å². The molecule has 0 aliphatic carbocycles. The number of nitrogens with zero attached hydrogens (tertiary/aromatic N) is 2. The van der Waals surface area contributed by atoms with Crippen LogP contribution in [0.5, 0.6) is 0 Å². The smallest absolute Gasteiger partial charge is 0.399 e. The molecule has 2 heterocycles. The van der Waals surface area contributed by atoms with Crippen molar-refractivity contribution in [2.24, 2.45) is 5.92 Å². The first-order chi connectivity index (χ1) is 12.0. The van der Waals surface area contributed by atoms with Gasteiger partial charge < -0.3 is 14.2 Å². The third kappa shape index (κ3) is 3.51. The highest BCUT2D eigenvalue weighted by atomic mass is 19.1. The normalized spacial score (nSPS) is 26.0. The van der Waals surface area contributed by atoms with E-state index in [4.69, 9.17) is 9.31 Å². The molecular weight excluding hydrogens is 330 g/mol. The van der Waals surface area contributed by atoms with Gasteiger partial charge >= 0.3 is 7.12 Å². The molecule has 0 aromatic heterocycles. The number of hydrogen-bond donors (Lipinski definition) is 0. The van der Waals surface area contributed by atoms with E-state index in [0.29, 0.717) is 17.4 Å². The van der Waals surface area contributed by atoms with Crippen LogP contribution in [0.4, 0.5) is 10.1 Å². The van der Waals surface area contributed by atoms with Crippen molar-refractivity contribution in [2.75, 3.05) is 31.6 Å². The first kappa shape index (κ1) is 19.7. The van der Waals surface area contributed by atoms with Crippen LogP contribution in [0.25, 0.3) is 0 Å². The minimum atomic E-state index is -0.662. The maximum atomic E-state index is 14.9. The summed E-state index contributed by atoms with van der Waals surface area (Å²) in [6, 6.07) is 5.92. The molecular formula is C20H32BFN2O2. The highest BCUT2D eigenvalue weighted by Gasteiger charge is 2.52. The van der Waals surface area contributed by atoms with Gasteiger partial charge in [-0.1, -0.05) is 19.9 Å². The molecule has 2 fully saturated rings. The fourth-order valence-corrected chi connectivity index (χ4v) is 3.73. The summed E-state index contributed by atoms with van der Waals surface area (Å²) in [7, 11) is 1.51. The molecule has 2 aliphatic heterocycles. The topological polar surface area (TPSA) is 24.9 Å². The second-order valence-electron chi connectivity index (χ2n) is 9.03. The van der Waals surface area contributed by atoms with Crippen LogP contribution in [0.3, 0.4) is 0 Å². The van der Waals surface area contributed by atoms with E-state index in [0.717, 1.165) is 25.3 Å². The first-order valence-electron chi connectivity index (χ1n) is 9.62. The van der Waals surface area contributed by atoms with Crippen molar-refractivity contribution >= 4 is 18.3 Å². The van der Waals surface area contributed by atoms with Gasteiger partial charge in [0.05, 0.1) is 11.2 Å².